The Labute approximate surface area is 122 Å². The van der Waals surface area contributed by atoms with Crippen LogP contribution in [-0.2, 0) is 0 Å². The van der Waals surface area contributed by atoms with E-state index in [2.05, 4.69) is 56.3 Å². The lowest BCUT2D eigenvalue weighted by atomic mass is 9.94. The van der Waals surface area contributed by atoms with E-state index in [0.717, 1.165) is 6.54 Å². The second-order valence-electron chi connectivity index (χ2n) is 5.37. The molecule has 3 heteroatoms. The van der Waals surface area contributed by atoms with Gasteiger partial charge in [-0.25, -0.2) is 0 Å². The third-order valence-electron chi connectivity index (χ3n) is 3.83. The van der Waals surface area contributed by atoms with Crippen LogP contribution in [-0.4, -0.2) is 36.5 Å². The highest BCUT2D eigenvalue weighted by Gasteiger charge is 2.19. The lowest BCUT2D eigenvalue weighted by molar-refractivity contribution is 0.209. The summed E-state index contributed by atoms with van der Waals surface area (Å²) in [6.45, 7) is 5.56. The number of rotatable bonds is 8. The molecule has 0 aromatic heterocycles. The van der Waals surface area contributed by atoms with Crippen LogP contribution < -0.4 is 5.73 Å². The van der Waals surface area contributed by atoms with Crippen molar-refractivity contribution in [2.75, 3.05) is 25.6 Å². The quantitative estimate of drug-likeness (QED) is 0.791. The summed E-state index contributed by atoms with van der Waals surface area (Å²) in [5.74, 6) is 1.66. The van der Waals surface area contributed by atoms with Crippen LogP contribution in [0.2, 0.25) is 0 Å². The number of nitrogens with zero attached hydrogens (tertiary/aromatic N) is 1. The number of hydrogen-bond donors (Lipinski definition) is 1. The van der Waals surface area contributed by atoms with Crippen molar-refractivity contribution in [3.8, 4) is 0 Å². The molecule has 108 valence electrons. The summed E-state index contributed by atoms with van der Waals surface area (Å²) in [5, 5.41) is 0. The van der Waals surface area contributed by atoms with Crippen molar-refractivity contribution in [2.45, 2.75) is 32.4 Å². The molecule has 0 fully saturated rings. The summed E-state index contributed by atoms with van der Waals surface area (Å²) in [5.41, 5.74) is 7.61. The standard InChI is InChI=1S/C16H28N2S/c1-5-15(12-19-4)18(3)11-13(2)16(17)14-9-7-6-8-10-14/h6-10,13,15-16H,5,11-12,17H2,1-4H3. The van der Waals surface area contributed by atoms with Gasteiger partial charge < -0.3 is 10.6 Å². The minimum absolute atomic E-state index is 0.121. The molecule has 2 N–H and O–H groups in total. The van der Waals surface area contributed by atoms with Gasteiger partial charge in [-0.15, -0.1) is 0 Å². The van der Waals surface area contributed by atoms with Crippen molar-refractivity contribution < 1.29 is 0 Å². The van der Waals surface area contributed by atoms with Gasteiger partial charge in [-0.05, 0) is 31.2 Å². The van der Waals surface area contributed by atoms with Gasteiger partial charge in [-0.1, -0.05) is 44.2 Å². The lowest BCUT2D eigenvalue weighted by Gasteiger charge is -2.31. The molecular weight excluding hydrogens is 252 g/mol. The molecule has 0 saturated carbocycles. The van der Waals surface area contributed by atoms with Crippen molar-refractivity contribution in [3.05, 3.63) is 35.9 Å². The largest absolute Gasteiger partial charge is 0.324 e. The molecule has 0 saturated heterocycles. The first kappa shape index (κ1) is 16.5. The third-order valence-corrected chi connectivity index (χ3v) is 4.55. The summed E-state index contributed by atoms with van der Waals surface area (Å²) in [6.07, 6.45) is 3.38. The number of hydrogen-bond acceptors (Lipinski definition) is 3. The Balaban J connectivity index is 2.56. The third kappa shape index (κ3) is 5.17. The molecule has 1 rings (SSSR count). The fourth-order valence-electron chi connectivity index (χ4n) is 2.47. The highest BCUT2D eigenvalue weighted by Crippen LogP contribution is 2.21. The van der Waals surface area contributed by atoms with E-state index < -0.39 is 0 Å². The molecule has 3 unspecified atom stereocenters. The minimum Gasteiger partial charge on any atom is -0.324 e. The molecule has 3 atom stereocenters. The lowest BCUT2D eigenvalue weighted by Crippen LogP contribution is -2.38. The monoisotopic (exact) mass is 280 g/mol. The van der Waals surface area contributed by atoms with E-state index in [4.69, 9.17) is 5.73 Å². The molecule has 0 spiro atoms. The van der Waals surface area contributed by atoms with E-state index in [-0.39, 0.29) is 6.04 Å². The topological polar surface area (TPSA) is 29.3 Å². The SMILES string of the molecule is CCC(CSC)N(C)CC(C)C(N)c1ccccc1. The molecule has 0 aliphatic carbocycles. The van der Waals surface area contributed by atoms with Gasteiger partial charge >= 0.3 is 0 Å². The molecular formula is C16H28N2S. The van der Waals surface area contributed by atoms with E-state index in [1.807, 2.05) is 17.8 Å². The Bertz CT molecular complexity index is 342. The van der Waals surface area contributed by atoms with Crippen LogP contribution in [0.5, 0.6) is 0 Å². The van der Waals surface area contributed by atoms with Gasteiger partial charge in [0.1, 0.15) is 0 Å². The van der Waals surface area contributed by atoms with E-state index >= 15 is 0 Å². The van der Waals surface area contributed by atoms with Crippen LogP contribution in [0.15, 0.2) is 30.3 Å². The maximum absolute atomic E-state index is 6.37. The first-order valence-corrected chi connectivity index (χ1v) is 8.49. The molecule has 0 heterocycles. The van der Waals surface area contributed by atoms with Gasteiger partial charge in [-0.2, -0.15) is 11.8 Å². The molecule has 0 amide bonds. The number of thioether (sulfide) groups is 1. The molecule has 0 aliphatic rings. The van der Waals surface area contributed by atoms with E-state index in [9.17, 15) is 0 Å². The molecule has 0 aliphatic heterocycles. The zero-order valence-corrected chi connectivity index (χ0v) is 13.5. The Morgan fingerprint density at radius 1 is 1.26 bits per heavy atom. The van der Waals surface area contributed by atoms with Gasteiger partial charge in [0.15, 0.2) is 0 Å². The minimum atomic E-state index is 0.121. The summed E-state index contributed by atoms with van der Waals surface area (Å²) >= 11 is 1.92. The zero-order valence-electron chi connectivity index (χ0n) is 12.7. The smallest absolute Gasteiger partial charge is 0.0333 e. The number of benzene rings is 1. The fraction of sp³-hybridized carbons (Fsp3) is 0.625. The number of nitrogens with two attached hydrogens (primary N) is 1. The maximum atomic E-state index is 6.37. The highest BCUT2D eigenvalue weighted by atomic mass is 32.2. The average Bonchev–Trinajstić information content (AvgIpc) is 2.44. The van der Waals surface area contributed by atoms with Crippen LogP contribution in [0.25, 0.3) is 0 Å². The summed E-state index contributed by atoms with van der Waals surface area (Å²) in [6, 6.07) is 11.2. The summed E-state index contributed by atoms with van der Waals surface area (Å²) in [7, 11) is 2.22. The molecule has 0 radical (unpaired) electrons. The second-order valence-corrected chi connectivity index (χ2v) is 6.28. The Kier molecular flexibility index (Phi) is 7.51. The first-order valence-electron chi connectivity index (χ1n) is 7.09. The molecule has 19 heavy (non-hydrogen) atoms. The Hall–Kier alpha value is -0.510. The maximum Gasteiger partial charge on any atom is 0.0333 e. The molecule has 1 aromatic rings. The van der Waals surface area contributed by atoms with Crippen molar-refractivity contribution in [1.29, 1.82) is 0 Å². The van der Waals surface area contributed by atoms with Crippen LogP contribution in [0.3, 0.4) is 0 Å². The van der Waals surface area contributed by atoms with Crippen LogP contribution in [0.1, 0.15) is 31.9 Å². The van der Waals surface area contributed by atoms with E-state index in [0.29, 0.717) is 12.0 Å². The molecule has 0 bridgehead atoms. The molecule has 2 nitrogen and oxygen atoms in total. The van der Waals surface area contributed by atoms with Gasteiger partial charge in [0.2, 0.25) is 0 Å². The molecule has 1 aromatic carbocycles. The van der Waals surface area contributed by atoms with Crippen molar-refractivity contribution in [2.24, 2.45) is 11.7 Å². The van der Waals surface area contributed by atoms with Crippen LogP contribution in [0, 0.1) is 5.92 Å². The predicted molar refractivity (Wildman–Crippen MR) is 87.6 cm³/mol. The zero-order chi connectivity index (χ0) is 14.3. The normalized spacial score (nSPS) is 16.3. The van der Waals surface area contributed by atoms with Gasteiger partial charge in [-0.3, -0.25) is 0 Å². The highest BCUT2D eigenvalue weighted by molar-refractivity contribution is 7.98. The van der Waals surface area contributed by atoms with E-state index in [1.165, 1.54) is 17.7 Å². The van der Waals surface area contributed by atoms with Crippen molar-refractivity contribution >= 4 is 11.8 Å². The first-order chi connectivity index (χ1) is 9.10. The van der Waals surface area contributed by atoms with Crippen molar-refractivity contribution in [3.63, 3.8) is 0 Å². The Morgan fingerprint density at radius 2 is 1.89 bits per heavy atom. The second kappa shape index (κ2) is 8.62. The van der Waals surface area contributed by atoms with Crippen LogP contribution >= 0.6 is 11.8 Å². The van der Waals surface area contributed by atoms with Gasteiger partial charge in [0, 0.05) is 24.4 Å². The van der Waals surface area contributed by atoms with Crippen molar-refractivity contribution in [1.82, 2.24) is 4.90 Å². The van der Waals surface area contributed by atoms with Crippen LogP contribution in [0.4, 0.5) is 0 Å². The Morgan fingerprint density at radius 3 is 2.42 bits per heavy atom. The average molecular weight is 280 g/mol. The van der Waals surface area contributed by atoms with E-state index in [1.54, 1.807) is 0 Å². The predicted octanol–water partition coefficient (Wildman–Crippen LogP) is 3.40. The summed E-state index contributed by atoms with van der Waals surface area (Å²) in [4.78, 5) is 2.46. The van der Waals surface area contributed by atoms with Gasteiger partial charge in [0.25, 0.3) is 0 Å². The van der Waals surface area contributed by atoms with Gasteiger partial charge in [0.05, 0.1) is 0 Å². The fourth-order valence-corrected chi connectivity index (χ4v) is 3.34. The summed E-state index contributed by atoms with van der Waals surface area (Å²) < 4.78 is 0.